The van der Waals surface area contributed by atoms with E-state index in [0.29, 0.717) is 5.56 Å². The lowest BCUT2D eigenvalue weighted by Crippen LogP contribution is -2.11. The van der Waals surface area contributed by atoms with E-state index in [1.165, 1.54) is 6.08 Å². The average Bonchev–Trinajstić information content (AvgIpc) is 2.80. The SMILES string of the molecule is Cc1cc(C)cc(-c2cccc3c2C=C(C(F)(F)F)C3)c1. The Morgan fingerprint density at radius 2 is 1.62 bits per heavy atom. The van der Waals surface area contributed by atoms with E-state index < -0.39 is 11.7 Å². The molecule has 0 N–H and O–H groups in total. The Bertz CT molecular complexity index is 716. The zero-order chi connectivity index (χ0) is 15.2. The molecule has 0 bridgehead atoms. The van der Waals surface area contributed by atoms with Crippen LogP contribution in [0, 0.1) is 13.8 Å². The second-order valence-corrected chi connectivity index (χ2v) is 5.60. The molecule has 0 amide bonds. The third-order valence-corrected chi connectivity index (χ3v) is 3.79. The zero-order valence-electron chi connectivity index (χ0n) is 11.9. The lowest BCUT2D eigenvalue weighted by molar-refractivity contribution is -0.0918. The summed E-state index contributed by atoms with van der Waals surface area (Å²) in [5.41, 5.74) is 5.06. The van der Waals surface area contributed by atoms with E-state index in [1.54, 1.807) is 6.07 Å². The Labute approximate surface area is 121 Å². The molecule has 0 fully saturated rings. The fraction of sp³-hybridized carbons (Fsp3) is 0.222. The van der Waals surface area contributed by atoms with Gasteiger partial charge >= 0.3 is 6.18 Å². The van der Waals surface area contributed by atoms with E-state index in [4.69, 9.17) is 0 Å². The van der Waals surface area contributed by atoms with Gasteiger partial charge in [-0.05, 0) is 42.2 Å². The van der Waals surface area contributed by atoms with Crippen LogP contribution in [-0.4, -0.2) is 6.18 Å². The summed E-state index contributed by atoms with van der Waals surface area (Å²) in [5.74, 6) is 0. The van der Waals surface area contributed by atoms with Gasteiger partial charge in [-0.3, -0.25) is 0 Å². The highest BCUT2D eigenvalue weighted by atomic mass is 19.4. The van der Waals surface area contributed by atoms with Gasteiger partial charge < -0.3 is 0 Å². The average molecular weight is 288 g/mol. The second kappa shape index (κ2) is 4.76. The van der Waals surface area contributed by atoms with Crippen molar-refractivity contribution >= 4 is 6.08 Å². The van der Waals surface area contributed by atoms with Crippen LogP contribution in [-0.2, 0) is 6.42 Å². The van der Waals surface area contributed by atoms with Crippen molar-refractivity contribution in [2.45, 2.75) is 26.4 Å². The number of halogens is 3. The van der Waals surface area contributed by atoms with Crippen molar-refractivity contribution in [3.05, 3.63) is 64.2 Å². The Morgan fingerprint density at radius 1 is 0.952 bits per heavy atom. The molecule has 3 heteroatoms. The molecule has 2 aromatic rings. The summed E-state index contributed by atoms with van der Waals surface area (Å²) in [6.45, 7) is 3.99. The van der Waals surface area contributed by atoms with Crippen LogP contribution in [0.3, 0.4) is 0 Å². The Kier molecular flexibility index (Phi) is 3.16. The molecule has 0 radical (unpaired) electrons. The molecule has 0 aliphatic heterocycles. The van der Waals surface area contributed by atoms with Gasteiger partial charge in [-0.25, -0.2) is 0 Å². The molecule has 0 nitrogen and oxygen atoms in total. The maximum Gasteiger partial charge on any atom is 0.413 e. The minimum Gasteiger partial charge on any atom is -0.166 e. The topological polar surface area (TPSA) is 0 Å². The van der Waals surface area contributed by atoms with Crippen LogP contribution >= 0.6 is 0 Å². The van der Waals surface area contributed by atoms with Crippen molar-refractivity contribution in [1.82, 2.24) is 0 Å². The Morgan fingerprint density at radius 3 is 2.24 bits per heavy atom. The number of aryl methyl sites for hydroxylation is 2. The number of allylic oxidation sites excluding steroid dienone is 1. The van der Waals surface area contributed by atoms with Gasteiger partial charge in [-0.2, -0.15) is 13.2 Å². The second-order valence-electron chi connectivity index (χ2n) is 5.60. The molecule has 0 aromatic heterocycles. The van der Waals surface area contributed by atoms with Crippen LogP contribution in [0.15, 0.2) is 42.0 Å². The predicted octanol–water partition coefficient (Wildman–Crippen LogP) is 5.47. The highest BCUT2D eigenvalue weighted by molar-refractivity contribution is 5.81. The minimum absolute atomic E-state index is 0.0303. The number of hydrogen-bond acceptors (Lipinski definition) is 0. The molecule has 0 atom stereocenters. The van der Waals surface area contributed by atoms with Crippen molar-refractivity contribution in [2.24, 2.45) is 0 Å². The van der Waals surface area contributed by atoms with E-state index in [9.17, 15) is 13.2 Å². The fourth-order valence-corrected chi connectivity index (χ4v) is 2.93. The molecule has 3 rings (SSSR count). The highest BCUT2D eigenvalue weighted by Crippen LogP contribution is 2.40. The van der Waals surface area contributed by atoms with Crippen molar-refractivity contribution < 1.29 is 13.2 Å². The number of rotatable bonds is 1. The normalized spacial score (nSPS) is 14.0. The molecule has 0 unspecified atom stereocenters. The molecular formula is C18H15F3. The zero-order valence-corrected chi connectivity index (χ0v) is 11.9. The van der Waals surface area contributed by atoms with Gasteiger partial charge in [0.05, 0.1) is 0 Å². The largest absolute Gasteiger partial charge is 0.413 e. The van der Waals surface area contributed by atoms with Crippen molar-refractivity contribution in [3.8, 4) is 11.1 Å². The summed E-state index contributed by atoms with van der Waals surface area (Å²) >= 11 is 0. The molecule has 0 saturated heterocycles. The van der Waals surface area contributed by atoms with Crippen LogP contribution in [0.1, 0.15) is 22.3 Å². The van der Waals surface area contributed by atoms with Crippen LogP contribution in [0.2, 0.25) is 0 Å². The Balaban J connectivity index is 2.15. The minimum atomic E-state index is -4.25. The van der Waals surface area contributed by atoms with E-state index in [2.05, 4.69) is 6.07 Å². The first-order valence-corrected chi connectivity index (χ1v) is 6.83. The van der Waals surface area contributed by atoms with Crippen LogP contribution in [0.25, 0.3) is 17.2 Å². The van der Waals surface area contributed by atoms with Gasteiger partial charge in [0, 0.05) is 12.0 Å². The first kappa shape index (κ1) is 13.9. The van der Waals surface area contributed by atoms with Crippen molar-refractivity contribution in [3.63, 3.8) is 0 Å². The van der Waals surface area contributed by atoms with Gasteiger partial charge in [-0.15, -0.1) is 0 Å². The Hall–Kier alpha value is -2.03. The maximum absolute atomic E-state index is 12.9. The molecule has 0 saturated carbocycles. The summed E-state index contributed by atoms with van der Waals surface area (Å²) < 4.78 is 38.8. The summed E-state index contributed by atoms with van der Waals surface area (Å²) in [4.78, 5) is 0. The maximum atomic E-state index is 12.9. The smallest absolute Gasteiger partial charge is 0.166 e. The molecule has 2 aromatic carbocycles. The van der Waals surface area contributed by atoms with Gasteiger partial charge in [0.2, 0.25) is 0 Å². The predicted molar refractivity (Wildman–Crippen MR) is 79.1 cm³/mol. The van der Waals surface area contributed by atoms with Crippen LogP contribution in [0.4, 0.5) is 13.2 Å². The summed E-state index contributed by atoms with van der Waals surface area (Å²) in [7, 11) is 0. The van der Waals surface area contributed by atoms with E-state index in [0.717, 1.165) is 27.8 Å². The first-order valence-electron chi connectivity index (χ1n) is 6.83. The molecule has 108 valence electrons. The monoisotopic (exact) mass is 288 g/mol. The van der Waals surface area contributed by atoms with Crippen molar-refractivity contribution in [2.75, 3.05) is 0 Å². The van der Waals surface area contributed by atoms with Gasteiger partial charge in [-0.1, -0.05) is 47.5 Å². The third-order valence-electron chi connectivity index (χ3n) is 3.79. The van der Waals surface area contributed by atoms with E-state index >= 15 is 0 Å². The van der Waals surface area contributed by atoms with E-state index in [-0.39, 0.29) is 6.42 Å². The fourth-order valence-electron chi connectivity index (χ4n) is 2.93. The molecular weight excluding hydrogens is 273 g/mol. The van der Waals surface area contributed by atoms with Crippen LogP contribution < -0.4 is 0 Å². The molecule has 21 heavy (non-hydrogen) atoms. The molecule has 1 aliphatic rings. The van der Waals surface area contributed by atoms with Gasteiger partial charge in [0.1, 0.15) is 0 Å². The first-order chi connectivity index (χ1) is 9.84. The van der Waals surface area contributed by atoms with Crippen molar-refractivity contribution in [1.29, 1.82) is 0 Å². The lowest BCUT2D eigenvalue weighted by atomic mass is 9.95. The standard InChI is InChI=1S/C18H15F3/c1-11-6-12(2)8-14(7-11)16-5-3-4-13-9-15(10-17(13)16)18(19,20)21/h3-8,10H,9H2,1-2H3. The number of fused-ring (bicyclic) bond motifs is 1. The van der Waals surface area contributed by atoms with Gasteiger partial charge in [0.25, 0.3) is 0 Å². The van der Waals surface area contributed by atoms with Gasteiger partial charge in [0.15, 0.2) is 0 Å². The third kappa shape index (κ3) is 2.60. The number of alkyl halides is 3. The summed E-state index contributed by atoms with van der Waals surface area (Å²) in [6.07, 6.45) is -2.99. The summed E-state index contributed by atoms with van der Waals surface area (Å²) in [5, 5.41) is 0. The number of hydrogen-bond donors (Lipinski definition) is 0. The van der Waals surface area contributed by atoms with E-state index in [1.807, 2.05) is 38.1 Å². The highest BCUT2D eigenvalue weighted by Gasteiger charge is 2.36. The lowest BCUT2D eigenvalue weighted by Gasteiger charge is -2.10. The van der Waals surface area contributed by atoms with Crippen LogP contribution in [0.5, 0.6) is 0 Å². The molecule has 0 heterocycles. The molecule has 1 aliphatic carbocycles. The summed E-state index contributed by atoms with van der Waals surface area (Å²) in [6, 6.07) is 11.6. The number of benzene rings is 2. The molecule has 0 spiro atoms. The quantitative estimate of drug-likeness (QED) is 0.652.